The van der Waals surface area contributed by atoms with E-state index in [1.165, 1.54) is 6.92 Å². The number of carboxylic acids is 1. The minimum atomic E-state index is -1.14. The van der Waals surface area contributed by atoms with Gasteiger partial charge in [0.25, 0.3) is 0 Å². The van der Waals surface area contributed by atoms with Crippen LogP contribution in [0, 0.1) is 11.8 Å². The highest BCUT2D eigenvalue weighted by molar-refractivity contribution is 5.88. The molecule has 0 aliphatic heterocycles. The van der Waals surface area contributed by atoms with Gasteiger partial charge in [0.15, 0.2) is 0 Å². The van der Waals surface area contributed by atoms with Crippen molar-refractivity contribution in [1.29, 1.82) is 0 Å². The molecule has 0 aromatic carbocycles. The number of Topliss-reactive ketones (excluding diaryl/α,β-unsaturated/α-hetero) is 1. The first kappa shape index (κ1) is 29.5. The topological polar surface area (TPSA) is 165 Å². The van der Waals surface area contributed by atoms with Crippen LogP contribution in [0.3, 0.4) is 0 Å². The van der Waals surface area contributed by atoms with E-state index in [0.29, 0.717) is 19.4 Å². The molecule has 0 radical (unpaired) electrons. The molecule has 0 spiro atoms. The summed E-state index contributed by atoms with van der Waals surface area (Å²) in [6, 6.07) is -1.87. The highest BCUT2D eigenvalue weighted by Crippen LogP contribution is 2.21. The summed E-state index contributed by atoms with van der Waals surface area (Å²) in [4.78, 5) is 58.9. The summed E-state index contributed by atoms with van der Waals surface area (Å²) in [7, 11) is 0. The Kier molecular flexibility index (Phi) is 14.9. The lowest BCUT2D eigenvalue weighted by Crippen LogP contribution is -2.44. The van der Waals surface area contributed by atoms with Gasteiger partial charge in [-0.3, -0.25) is 19.2 Å². The molecule has 0 rings (SSSR count). The molecule has 1 unspecified atom stereocenters. The average molecular weight is 458 g/mol. The van der Waals surface area contributed by atoms with Gasteiger partial charge in [-0.25, -0.2) is 4.79 Å². The first-order valence-electron chi connectivity index (χ1n) is 11.2. The van der Waals surface area contributed by atoms with Crippen LogP contribution in [0.5, 0.6) is 0 Å². The highest BCUT2D eigenvalue weighted by atomic mass is 16.5. The zero-order chi connectivity index (χ0) is 24.7. The minimum Gasteiger partial charge on any atom is -0.480 e. The third-order valence-corrected chi connectivity index (χ3v) is 5.11. The Morgan fingerprint density at radius 1 is 1.06 bits per heavy atom. The van der Waals surface area contributed by atoms with Crippen molar-refractivity contribution in [3.8, 4) is 0 Å². The minimum absolute atomic E-state index is 0.0596. The number of ketones is 1. The van der Waals surface area contributed by atoms with E-state index in [1.807, 2.05) is 20.8 Å². The van der Waals surface area contributed by atoms with Crippen LogP contribution < -0.4 is 16.4 Å². The van der Waals surface area contributed by atoms with Gasteiger partial charge >= 0.3 is 11.9 Å². The lowest BCUT2D eigenvalue weighted by Gasteiger charge is -2.19. The van der Waals surface area contributed by atoms with Gasteiger partial charge in [0.2, 0.25) is 11.8 Å². The molecule has 0 saturated carbocycles. The number of unbranched alkanes of at least 4 members (excludes halogenated alkanes) is 1. The summed E-state index contributed by atoms with van der Waals surface area (Å²) in [6.45, 7) is 7.24. The second-order valence-corrected chi connectivity index (χ2v) is 8.19. The van der Waals surface area contributed by atoms with Crippen LogP contribution >= 0.6 is 0 Å². The van der Waals surface area contributed by atoms with Crippen molar-refractivity contribution in [2.45, 2.75) is 84.7 Å². The first-order valence-corrected chi connectivity index (χ1v) is 11.2. The SMILES string of the molecule is CCCCOC(=O)[C@@H](C)NC(=O)CNC(=O)C[C@@H](C)CC(CC)C(=O)CC[C@H](N)C(=O)O. The third-order valence-electron chi connectivity index (χ3n) is 5.11. The van der Waals surface area contributed by atoms with E-state index in [9.17, 15) is 24.0 Å². The second-order valence-electron chi connectivity index (χ2n) is 8.19. The van der Waals surface area contributed by atoms with Gasteiger partial charge in [0, 0.05) is 18.8 Å². The molecule has 184 valence electrons. The smallest absolute Gasteiger partial charge is 0.328 e. The van der Waals surface area contributed by atoms with Crippen LogP contribution in [-0.4, -0.2) is 59.9 Å². The molecule has 2 amide bonds. The van der Waals surface area contributed by atoms with Crippen LogP contribution in [-0.2, 0) is 28.7 Å². The molecule has 0 aliphatic rings. The van der Waals surface area contributed by atoms with Crippen molar-refractivity contribution < 1.29 is 33.8 Å². The van der Waals surface area contributed by atoms with E-state index in [-0.39, 0.29) is 49.3 Å². The predicted octanol–water partition coefficient (Wildman–Crippen LogP) is 1.15. The number of carbonyl (C=O) groups is 5. The number of aliphatic carboxylic acids is 1. The number of carbonyl (C=O) groups excluding carboxylic acids is 4. The molecule has 4 atom stereocenters. The highest BCUT2D eigenvalue weighted by Gasteiger charge is 2.23. The number of nitrogens with one attached hydrogen (secondary N) is 2. The fourth-order valence-electron chi connectivity index (χ4n) is 3.08. The molecular weight excluding hydrogens is 418 g/mol. The van der Waals surface area contributed by atoms with E-state index in [1.54, 1.807) is 0 Å². The Labute approximate surface area is 190 Å². The van der Waals surface area contributed by atoms with Gasteiger partial charge in [0.05, 0.1) is 13.2 Å². The van der Waals surface area contributed by atoms with Crippen LogP contribution in [0.2, 0.25) is 0 Å². The Morgan fingerprint density at radius 2 is 1.72 bits per heavy atom. The molecule has 0 heterocycles. The average Bonchev–Trinajstić information content (AvgIpc) is 2.73. The van der Waals surface area contributed by atoms with E-state index >= 15 is 0 Å². The maximum absolute atomic E-state index is 12.3. The molecule has 32 heavy (non-hydrogen) atoms. The largest absolute Gasteiger partial charge is 0.480 e. The molecule has 0 fully saturated rings. The fraction of sp³-hybridized carbons (Fsp3) is 0.773. The van der Waals surface area contributed by atoms with Crippen molar-refractivity contribution in [1.82, 2.24) is 10.6 Å². The summed E-state index contributed by atoms with van der Waals surface area (Å²) in [5, 5.41) is 13.8. The molecule has 10 nitrogen and oxygen atoms in total. The zero-order valence-electron chi connectivity index (χ0n) is 19.6. The second kappa shape index (κ2) is 16.2. The van der Waals surface area contributed by atoms with Crippen LogP contribution in [0.4, 0.5) is 0 Å². The molecule has 10 heteroatoms. The van der Waals surface area contributed by atoms with Crippen molar-refractivity contribution >= 4 is 29.5 Å². The molecule has 0 aliphatic carbocycles. The summed E-state index contributed by atoms with van der Waals surface area (Å²) in [5.74, 6) is -2.93. The predicted molar refractivity (Wildman–Crippen MR) is 119 cm³/mol. The van der Waals surface area contributed by atoms with E-state index in [0.717, 1.165) is 12.8 Å². The monoisotopic (exact) mass is 457 g/mol. The Bertz CT molecular complexity index is 639. The number of ether oxygens (including phenoxy) is 1. The fourth-order valence-corrected chi connectivity index (χ4v) is 3.08. The van der Waals surface area contributed by atoms with Crippen molar-refractivity contribution in [2.24, 2.45) is 17.6 Å². The van der Waals surface area contributed by atoms with Crippen molar-refractivity contribution in [2.75, 3.05) is 13.2 Å². The maximum atomic E-state index is 12.3. The van der Waals surface area contributed by atoms with E-state index in [4.69, 9.17) is 15.6 Å². The Hall–Kier alpha value is -2.49. The van der Waals surface area contributed by atoms with Gasteiger partial charge in [-0.05, 0) is 38.5 Å². The number of rotatable bonds is 17. The maximum Gasteiger partial charge on any atom is 0.328 e. The summed E-state index contributed by atoms with van der Waals surface area (Å²) in [5.41, 5.74) is 5.44. The normalized spacial score (nSPS) is 14.5. The van der Waals surface area contributed by atoms with Crippen LogP contribution in [0.25, 0.3) is 0 Å². The van der Waals surface area contributed by atoms with E-state index < -0.39 is 29.9 Å². The van der Waals surface area contributed by atoms with Gasteiger partial charge < -0.3 is 26.2 Å². The lowest BCUT2D eigenvalue weighted by molar-refractivity contribution is -0.147. The molecular formula is C22H39N3O7. The number of amides is 2. The van der Waals surface area contributed by atoms with Crippen molar-refractivity contribution in [3.05, 3.63) is 0 Å². The number of hydrogen-bond acceptors (Lipinski definition) is 7. The molecule has 0 aromatic rings. The van der Waals surface area contributed by atoms with Crippen molar-refractivity contribution in [3.63, 3.8) is 0 Å². The number of carboxylic acid groups (broad SMARTS) is 1. The molecule has 0 aromatic heterocycles. The van der Waals surface area contributed by atoms with Gasteiger partial charge in [-0.15, -0.1) is 0 Å². The molecule has 5 N–H and O–H groups in total. The number of hydrogen-bond donors (Lipinski definition) is 4. The van der Waals surface area contributed by atoms with E-state index in [2.05, 4.69) is 10.6 Å². The van der Waals surface area contributed by atoms with Gasteiger partial charge in [0.1, 0.15) is 17.9 Å². The van der Waals surface area contributed by atoms with Gasteiger partial charge in [-0.2, -0.15) is 0 Å². The van der Waals surface area contributed by atoms with Gasteiger partial charge in [-0.1, -0.05) is 27.2 Å². The summed E-state index contributed by atoms with van der Waals surface area (Å²) < 4.78 is 5.03. The summed E-state index contributed by atoms with van der Waals surface area (Å²) in [6.07, 6.45) is 3.02. The van der Waals surface area contributed by atoms with Crippen LogP contribution in [0.1, 0.15) is 72.6 Å². The standard InChI is InChI=1S/C22H39N3O7/c1-5-7-10-32-22(31)15(4)25-20(28)13-24-19(27)12-14(3)11-16(6-2)18(26)9-8-17(23)21(29)30/h14-17H,5-13,23H2,1-4H3,(H,24,27)(H,25,28)(H,29,30)/t14-,15+,16?,17-/m0/s1. The summed E-state index contributed by atoms with van der Waals surface area (Å²) >= 11 is 0. The quantitative estimate of drug-likeness (QED) is 0.186. The lowest BCUT2D eigenvalue weighted by atomic mass is 9.86. The van der Waals surface area contributed by atoms with Crippen LogP contribution in [0.15, 0.2) is 0 Å². The number of nitrogens with two attached hydrogens (primary N) is 1. The first-order chi connectivity index (χ1) is 15.0. The Morgan fingerprint density at radius 3 is 2.28 bits per heavy atom. The molecule has 0 saturated heterocycles. The molecule has 0 bridgehead atoms. The third kappa shape index (κ3) is 13.0. The number of esters is 1. The Balaban J connectivity index is 4.32. The zero-order valence-corrected chi connectivity index (χ0v) is 19.6.